The molecule has 2 aliphatic heterocycles. The summed E-state index contributed by atoms with van der Waals surface area (Å²) in [6.45, 7) is 0. The van der Waals surface area contributed by atoms with Crippen molar-refractivity contribution < 1.29 is 0 Å². The quantitative estimate of drug-likeness (QED) is 0.506. The van der Waals surface area contributed by atoms with E-state index >= 15 is 0 Å². The molecule has 0 amide bonds. The number of hydrogen-bond donors (Lipinski definition) is 0. The van der Waals surface area contributed by atoms with Crippen molar-refractivity contribution in [2.45, 2.75) is 0 Å². The largest absolute Gasteiger partial charge is 0.237 e. The average molecular weight is 156 g/mol. The highest BCUT2D eigenvalue weighted by molar-refractivity contribution is 5.86. The van der Waals surface area contributed by atoms with Gasteiger partial charge in [0.2, 0.25) is 0 Å². The molecule has 0 fully saturated rings. The molecule has 0 atom stereocenters. The van der Waals surface area contributed by atoms with Gasteiger partial charge in [-0.05, 0) is 6.08 Å². The second-order valence-electron chi connectivity index (χ2n) is 2.58. The number of pyridine rings is 1. The lowest BCUT2D eigenvalue weighted by Crippen LogP contribution is -2.19. The minimum Gasteiger partial charge on any atom is -0.237 e. The molecule has 0 bridgehead atoms. The third-order valence-corrected chi connectivity index (χ3v) is 1.91. The van der Waals surface area contributed by atoms with Gasteiger partial charge in [0.1, 0.15) is 5.36 Å². The predicted octanol–water partition coefficient (Wildman–Crippen LogP) is -0.347. The normalized spacial score (nSPS) is 15.3. The van der Waals surface area contributed by atoms with Crippen molar-refractivity contribution in [3.05, 3.63) is 34.4 Å². The number of fused-ring (bicyclic) bond motifs is 3. The zero-order chi connectivity index (χ0) is 7.97. The summed E-state index contributed by atoms with van der Waals surface area (Å²) in [6.07, 6.45) is 7.09. The van der Waals surface area contributed by atoms with Crippen LogP contribution in [-0.2, 0) is 0 Å². The van der Waals surface area contributed by atoms with Crippen LogP contribution in [0, 0.1) is 0 Å². The van der Waals surface area contributed by atoms with Gasteiger partial charge in [0.15, 0.2) is 5.49 Å². The first kappa shape index (κ1) is 5.77. The Balaban J connectivity index is 2.57. The van der Waals surface area contributed by atoms with E-state index in [0.29, 0.717) is 0 Å². The Bertz CT molecular complexity index is 476. The molecular weight excluding hydrogens is 152 g/mol. The topological polar surface area (TPSA) is 50.0 Å². The minimum absolute atomic E-state index is 0.761. The summed E-state index contributed by atoms with van der Waals surface area (Å²) in [6, 6.07) is 0. The molecule has 3 heterocycles. The Morgan fingerprint density at radius 2 is 2.17 bits per heavy atom. The molecule has 56 valence electrons. The Morgan fingerprint density at radius 3 is 3.17 bits per heavy atom. The lowest BCUT2D eigenvalue weighted by atomic mass is 10.1. The van der Waals surface area contributed by atoms with E-state index in [9.17, 15) is 0 Å². The molecule has 0 saturated heterocycles. The van der Waals surface area contributed by atoms with Crippen LogP contribution in [0.15, 0.2) is 27.6 Å². The van der Waals surface area contributed by atoms with E-state index in [2.05, 4.69) is 20.2 Å². The third kappa shape index (κ3) is 0.567. The summed E-state index contributed by atoms with van der Waals surface area (Å²) in [5.74, 6) is 0. The summed E-state index contributed by atoms with van der Waals surface area (Å²) in [7, 11) is 0. The molecule has 0 unspecified atom stereocenters. The zero-order valence-electron chi connectivity index (χ0n) is 6.10. The van der Waals surface area contributed by atoms with Gasteiger partial charge in [0.05, 0.1) is 12.4 Å². The van der Waals surface area contributed by atoms with Gasteiger partial charge in [-0.2, -0.15) is 5.10 Å². The van der Waals surface area contributed by atoms with Gasteiger partial charge in [-0.15, -0.1) is 5.10 Å². The van der Waals surface area contributed by atoms with Crippen molar-refractivity contribution in [1.82, 2.24) is 4.98 Å². The lowest BCUT2D eigenvalue weighted by Gasteiger charge is -1.91. The van der Waals surface area contributed by atoms with Crippen molar-refractivity contribution in [1.29, 1.82) is 0 Å². The first-order chi connectivity index (χ1) is 5.95. The van der Waals surface area contributed by atoms with Crippen LogP contribution in [0.5, 0.6) is 0 Å². The molecular formula is C8H4N4. The molecule has 12 heavy (non-hydrogen) atoms. The van der Waals surface area contributed by atoms with Crippen LogP contribution in [0.3, 0.4) is 0 Å². The number of rotatable bonds is 0. The fraction of sp³-hybridized carbons (Fsp3) is 0. The van der Waals surface area contributed by atoms with Crippen molar-refractivity contribution in [3.8, 4) is 0 Å². The van der Waals surface area contributed by atoms with Crippen LogP contribution in [0.4, 0.5) is 0 Å². The Kier molecular flexibility index (Phi) is 0.889. The van der Waals surface area contributed by atoms with Crippen molar-refractivity contribution >= 4 is 12.3 Å². The zero-order valence-corrected chi connectivity index (χ0v) is 6.10. The molecule has 4 heteroatoms. The van der Waals surface area contributed by atoms with E-state index in [0.717, 1.165) is 22.0 Å². The molecule has 1 aromatic rings. The molecule has 3 rings (SSSR count). The van der Waals surface area contributed by atoms with Crippen LogP contribution in [0.25, 0.3) is 6.08 Å². The number of aromatic nitrogens is 1. The summed E-state index contributed by atoms with van der Waals surface area (Å²) < 4.78 is 0. The molecule has 4 nitrogen and oxygen atoms in total. The summed E-state index contributed by atoms with van der Waals surface area (Å²) in [5.41, 5.74) is 2.81. The fourth-order valence-electron chi connectivity index (χ4n) is 1.33. The maximum absolute atomic E-state index is 4.13. The van der Waals surface area contributed by atoms with Crippen molar-refractivity contribution in [2.24, 2.45) is 15.2 Å². The summed E-state index contributed by atoms with van der Waals surface area (Å²) in [5, 5.41) is 8.55. The highest BCUT2D eigenvalue weighted by atomic mass is 15.2. The average Bonchev–Trinajstić information content (AvgIpc) is 2.71. The Morgan fingerprint density at radius 1 is 1.17 bits per heavy atom. The molecule has 0 spiro atoms. The standard InChI is InChI=1S/C8H4N4/c1-2-9-8-5(1)6-3-11-12-7(6)4-10-8/h1-4H. The van der Waals surface area contributed by atoms with E-state index < -0.39 is 0 Å². The van der Waals surface area contributed by atoms with Crippen LogP contribution < -0.4 is 10.8 Å². The summed E-state index contributed by atoms with van der Waals surface area (Å²) in [4.78, 5) is 8.21. The van der Waals surface area contributed by atoms with Crippen molar-refractivity contribution in [2.75, 3.05) is 0 Å². The molecule has 0 saturated carbocycles. The van der Waals surface area contributed by atoms with Gasteiger partial charge in [0.25, 0.3) is 0 Å². The van der Waals surface area contributed by atoms with Gasteiger partial charge < -0.3 is 0 Å². The van der Waals surface area contributed by atoms with Gasteiger partial charge in [-0.1, -0.05) is 0 Å². The summed E-state index contributed by atoms with van der Waals surface area (Å²) >= 11 is 0. The van der Waals surface area contributed by atoms with Crippen molar-refractivity contribution in [3.63, 3.8) is 0 Å². The second kappa shape index (κ2) is 1.85. The molecule has 0 aliphatic carbocycles. The van der Waals surface area contributed by atoms with Gasteiger partial charge in [-0.3, -0.25) is 0 Å². The van der Waals surface area contributed by atoms with Gasteiger partial charge in [0, 0.05) is 17.3 Å². The highest BCUT2D eigenvalue weighted by Gasteiger charge is 2.09. The minimum atomic E-state index is 0.761. The molecule has 2 aliphatic rings. The fourth-order valence-corrected chi connectivity index (χ4v) is 1.33. The number of nitrogens with zero attached hydrogens (tertiary/aromatic N) is 4. The lowest BCUT2D eigenvalue weighted by molar-refractivity contribution is 1.09. The predicted molar refractivity (Wildman–Crippen MR) is 43.2 cm³/mol. The monoisotopic (exact) mass is 156 g/mol. The van der Waals surface area contributed by atoms with Gasteiger partial charge in [-0.25, -0.2) is 9.98 Å². The maximum Gasteiger partial charge on any atom is 0.159 e. The van der Waals surface area contributed by atoms with Crippen LogP contribution in [0.1, 0.15) is 11.1 Å². The highest BCUT2D eigenvalue weighted by Crippen LogP contribution is 2.04. The maximum atomic E-state index is 4.13. The molecule has 0 aromatic carbocycles. The van der Waals surface area contributed by atoms with Crippen LogP contribution >= 0.6 is 0 Å². The first-order valence-electron chi connectivity index (χ1n) is 3.59. The van der Waals surface area contributed by atoms with E-state index in [4.69, 9.17) is 0 Å². The third-order valence-electron chi connectivity index (χ3n) is 1.91. The second-order valence-corrected chi connectivity index (χ2v) is 2.58. The molecule has 0 N–H and O–H groups in total. The van der Waals surface area contributed by atoms with E-state index in [1.807, 2.05) is 6.08 Å². The smallest absolute Gasteiger partial charge is 0.159 e. The van der Waals surface area contributed by atoms with E-state index in [-0.39, 0.29) is 0 Å². The molecule has 1 aromatic heterocycles. The Labute approximate surface area is 67.7 Å². The molecule has 0 radical (unpaired) electrons. The van der Waals surface area contributed by atoms with Crippen LogP contribution in [-0.4, -0.2) is 11.2 Å². The van der Waals surface area contributed by atoms with E-state index in [1.54, 1.807) is 18.6 Å². The SMILES string of the molecule is C1=Cc2c3c(cnc2=N1)=NN=C3. The Hall–Kier alpha value is -1.84. The van der Waals surface area contributed by atoms with E-state index in [1.165, 1.54) is 0 Å². The first-order valence-corrected chi connectivity index (χ1v) is 3.59. The number of hydrogen-bond acceptors (Lipinski definition) is 4. The van der Waals surface area contributed by atoms with Gasteiger partial charge >= 0.3 is 0 Å². The van der Waals surface area contributed by atoms with Crippen LogP contribution in [0.2, 0.25) is 0 Å².